The van der Waals surface area contributed by atoms with Gasteiger partial charge in [0.05, 0.1) is 34.9 Å². The summed E-state index contributed by atoms with van der Waals surface area (Å²) in [6, 6.07) is 21.8. The Kier molecular flexibility index (Phi) is 6.62. The van der Waals surface area contributed by atoms with Crippen molar-refractivity contribution < 1.29 is 5.11 Å². The van der Waals surface area contributed by atoms with E-state index in [4.69, 9.17) is 10.2 Å². The number of nitrogens with zero attached hydrogens (tertiary/aromatic N) is 4. The molecule has 0 fully saturated rings. The quantitative estimate of drug-likeness (QED) is 0.352. The third kappa shape index (κ3) is 4.69. The third-order valence-electron chi connectivity index (χ3n) is 6.07. The molecule has 2 N–H and O–H groups in total. The van der Waals surface area contributed by atoms with E-state index < -0.39 is 0 Å². The number of fused-ring (bicyclic) bond motifs is 1. The predicted molar refractivity (Wildman–Crippen MR) is 133 cm³/mol. The number of phenolic OH excluding ortho intramolecular Hbond substituents is 1. The molecule has 0 radical (unpaired) electrons. The molecule has 0 aliphatic carbocycles. The van der Waals surface area contributed by atoms with Crippen LogP contribution in [-0.2, 0) is 13.1 Å². The molecule has 1 heterocycles. The minimum absolute atomic E-state index is 0.263. The van der Waals surface area contributed by atoms with Gasteiger partial charge in [0.25, 0.3) is 0 Å². The molecule has 0 atom stereocenters. The highest BCUT2D eigenvalue weighted by atomic mass is 16.3. The van der Waals surface area contributed by atoms with Crippen LogP contribution < -0.4 is 5.32 Å². The first-order valence-corrected chi connectivity index (χ1v) is 11.3. The monoisotopic (exact) mass is 439 g/mol. The summed E-state index contributed by atoms with van der Waals surface area (Å²) in [6.45, 7) is 9.36. The van der Waals surface area contributed by atoms with Crippen molar-refractivity contribution in [2.24, 2.45) is 0 Å². The Morgan fingerprint density at radius 2 is 1.76 bits per heavy atom. The van der Waals surface area contributed by atoms with Crippen molar-refractivity contribution in [3.63, 3.8) is 0 Å². The molecular formula is C27H29N5O. The van der Waals surface area contributed by atoms with Crippen molar-refractivity contribution >= 4 is 22.7 Å². The van der Waals surface area contributed by atoms with Gasteiger partial charge < -0.3 is 15.0 Å². The van der Waals surface area contributed by atoms with Gasteiger partial charge >= 0.3 is 0 Å². The fourth-order valence-electron chi connectivity index (χ4n) is 4.02. The Hall–Kier alpha value is -3.82. The summed E-state index contributed by atoms with van der Waals surface area (Å²) in [7, 11) is 0. The van der Waals surface area contributed by atoms with Gasteiger partial charge in [-0.2, -0.15) is 5.26 Å². The smallest absolute Gasteiger partial charge is 0.208 e. The van der Waals surface area contributed by atoms with Gasteiger partial charge in [-0.05, 0) is 55.4 Å². The van der Waals surface area contributed by atoms with Crippen LogP contribution in [0.15, 0.2) is 60.7 Å². The number of imidazole rings is 1. The van der Waals surface area contributed by atoms with Gasteiger partial charge in [0.2, 0.25) is 5.95 Å². The lowest BCUT2D eigenvalue weighted by molar-refractivity contribution is 0.291. The van der Waals surface area contributed by atoms with Gasteiger partial charge in [0.1, 0.15) is 5.75 Å². The topological polar surface area (TPSA) is 77.1 Å². The van der Waals surface area contributed by atoms with Crippen LogP contribution in [0.5, 0.6) is 5.75 Å². The van der Waals surface area contributed by atoms with Crippen LogP contribution in [-0.4, -0.2) is 32.6 Å². The van der Waals surface area contributed by atoms with Crippen LogP contribution in [0.25, 0.3) is 11.0 Å². The van der Waals surface area contributed by atoms with E-state index in [2.05, 4.69) is 34.7 Å². The Labute approximate surface area is 194 Å². The summed E-state index contributed by atoms with van der Waals surface area (Å²) < 4.78 is 2.10. The van der Waals surface area contributed by atoms with Crippen LogP contribution >= 0.6 is 0 Å². The second kappa shape index (κ2) is 9.76. The van der Waals surface area contributed by atoms with Crippen molar-refractivity contribution in [2.75, 3.05) is 18.4 Å². The number of rotatable bonds is 8. The molecule has 0 aliphatic rings. The minimum atomic E-state index is 0.263. The van der Waals surface area contributed by atoms with Crippen molar-refractivity contribution in [1.82, 2.24) is 14.5 Å². The fourth-order valence-corrected chi connectivity index (χ4v) is 4.02. The molecule has 0 spiro atoms. The average Bonchev–Trinajstić information content (AvgIpc) is 3.18. The molecule has 168 valence electrons. The minimum Gasteiger partial charge on any atom is -0.505 e. The van der Waals surface area contributed by atoms with Gasteiger partial charge in [0.15, 0.2) is 0 Å². The van der Waals surface area contributed by atoms with E-state index >= 15 is 0 Å². The Bertz CT molecular complexity index is 1300. The molecule has 0 aliphatic heterocycles. The summed E-state index contributed by atoms with van der Waals surface area (Å²) in [6.07, 6.45) is 0. The molecule has 6 heteroatoms. The zero-order valence-corrected chi connectivity index (χ0v) is 19.3. The van der Waals surface area contributed by atoms with E-state index in [1.165, 1.54) is 0 Å². The number of nitriles is 1. The van der Waals surface area contributed by atoms with Crippen molar-refractivity contribution in [1.29, 1.82) is 5.26 Å². The normalized spacial score (nSPS) is 11.1. The summed E-state index contributed by atoms with van der Waals surface area (Å²) >= 11 is 0. The Morgan fingerprint density at radius 1 is 1.03 bits per heavy atom. The van der Waals surface area contributed by atoms with Gasteiger partial charge in [-0.1, -0.05) is 50.2 Å². The maximum atomic E-state index is 11.1. The molecule has 0 unspecified atom stereocenters. The lowest BCUT2D eigenvalue weighted by Gasteiger charge is -2.21. The van der Waals surface area contributed by atoms with Gasteiger partial charge in [-0.25, -0.2) is 4.98 Å². The number of hydrogen-bond acceptors (Lipinski definition) is 5. The lowest BCUT2D eigenvalue weighted by Crippen LogP contribution is -2.22. The molecule has 4 aromatic rings. The fraction of sp³-hybridized carbons (Fsp3) is 0.259. The Morgan fingerprint density at radius 3 is 2.45 bits per heavy atom. The maximum Gasteiger partial charge on any atom is 0.208 e. The number of benzene rings is 3. The summed E-state index contributed by atoms with van der Waals surface area (Å²) in [5.41, 5.74) is 6.10. The molecule has 0 amide bonds. The van der Waals surface area contributed by atoms with E-state index in [0.717, 1.165) is 40.8 Å². The van der Waals surface area contributed by atoms with Crippen LogP contribution in [0.3, 0.4) is 0 Å². The van der Waals surface area contributed by atoms with E-state index in [1.807, 2.05) is 67.6 Å². The number of aryl methyl sites for hydroxylation is 1. The summed E-state index contributed by atoms with van der Waals surface area (Å²) in [4.78, 5) is 7.09. The number of aromatic hydroxyl groups is 1. The zero-order valence-electron chi connectivity index (χ0n) is 19.3. The van der Waals surface area contributed by atoms with Crippen molar-refractivity contribution in [2.45, 2.75) is 33.9 Å². The molecular weight excluding hydrogens is 410 g/mol. The van der Waals surface area contributed by atoms with Crippen LogP contribution in [0.2, 0.25) is 0 Å². The number of anilines is 2. The molecule has 0 saturated carbocycles. The van der Waals surface area contributed by atoms with Gasteiger partial charge in [-0.3, -0.25) is 4.90 Å². The highest BCUT2D eigenvalue weighted by Crippen LogP contribution is 2.35. The number of nitrogens with one attached hydrogen (secondary N) is 1. The first kappa shape index (κ1) is 22.4. The standard InChI is InChI=1S/C27H29N5O/c1-4-31(5-2)18-22-15-10-19(3)25(26(22)33)30-27-29-23-8-6-7-9-24(23)32(27)17-21-13-11-20(16-28)12-14-21/h6-15,33H,4-5,17-18H2,1-3H3,(H,29,30). The second-order valence-corrected chi connectivity index (χ2v) is 8.17. The number of aromatic nitrogens is 2. The summed E-state index contributed by atoms with van der Waals surface area (Å²) in [5.74, 6) is 0.929. The molecule has 33 heavy (non-hydrogen) atoms. The highest BCUT2D eigenvalue weighted by Gasteiger charge is 2.17. The van der Waals surface area contributed by atoms with Crippen molar-refractivity contribution in [3.8, 4) is 11.8 Å². The molecule has 3 aromatic carbocycles. The molecule has 1 aromatic heterocycles. The van der Waals surface area contributed by atoms with Crippen molar-refractivity contribution in [3.05, 3.63) is 82.9 Å². The SMILES string of the molecule is CCN(CC)Cc1ccc(C)c(Nc2nc3ccccc3n2Cc2ccc(C#N)cc2)c1O. The largest absolute Gasteiger partial charge is 0.505 e. The van der Waals surface area contributed by atoms with E-state index in [0.29, 0.717) is 30.3 Å². The second-order valence-electron chi connectivity index (χ2n) is 8.17. The van der Waals surface area contributed by atoms with Crippen LogP contribution in [0, 0.1) is 18.3 Å². The van der Waals surface area contributed by atoms with E-state index in [1.54, 1.807) is 0 Å². The Balaban J connectivity index is 1.73. The molecule has 0 saturated heterocycles. The van der Waals surface area contributed by atoms with Gasteiger partial charge in [-0.15, -0.1) is 0 Å². The first-order chi connectivity index (χ1) is 16.0. The van der Waals surface area contributed by atoms with E-state index in [9.17, 15) is 5.11 Å². The maximum absolute atomic E-state index is 11.1. The molecule has 0 bridgehead atoms. The van der Waals surface area contributed by atoms with Crippen LogP contribution in [0.1, 0.15) is 36.1 Å². The number of para-hydroxylation sites is 2. The average molecular weight is 440 g/mol. The predicted octanol–water partition coefficient (Wildman–Crippen LogP) is 5.56. The zero-order chi connectivity index (χ0) is 23.4. The van der Waals surface area contributed by atoms with Gasteiger partial charge in [0, 0.05) is 12.1 Å². The summed E-state index contributed by atoms with van der Waals surface area (Å²) in [5, 5.41) is 23.6. The van der Waals surface area contributed by atoms with Crippen LogP contribution in [0.4, 0.5) is 11.6 Å². The number of hydrogen-bond donors (Lipinski definition) is 2. The molecule has 4 rings (SSSR count). The van der Waals surface area contributed by atoms with E-state index in [-0.39, 0.29) is 5.75 Å². The highest BCUT2D eigenvalue weighted by molar-refractivity contribution is 5.81. The third-order valence-corrected chi connectivity index (χ3v) is 6.07. The lowest BCUT2D eigenvalue weighted by atomic mass is 10.1. The number of phenols is 1. The first-order valence-electron chi connectivity index (χ1n) is 11.3. The molecule has 6 nitrogen and oxygen atoms in total.